The number of hydrogen-bond donors (Lipinski definition) is 0. The van der Waals surface area contributed by atoms with Crippen molar-refractivity contribution in [3.8, 4) is 21.1 Å². The molecular weight excluding hydrogens is 298 g/mol. The molecule has 4 aromatic heterocycles. The Morgan fingerprint density at radius 3 is 2.64 bits per heavy atom. The molecule has 0 atom stereocenters. The van der Waals surface area contributed by atoms with E-state index in [1.807, 2.05) is 26.0 Å². The highest BCUT2D eigenvalue weighted by molar-refractivity contribution is 7.18. The first kappa shape index (κ1) is 13.0. The van der Waals surface area contributed by atoms with Crippen LogP contribution in [0, 0.1) is 13.8 Å². The number of aromatic nitrogens is 5. The van der Waals surface area contributed by atoms with E-state index in [0.29, 0.717) is 5.71 Å². The highest BCUT2D eigenvalue weighted by atomic mass is 32.1. The Morgan fingerprint density at radius 2 is 1.82 bits per heavy atom. The van der Waals surface area contributed by atoms with Crippen molar-refractivity contribution in [2.45, 2.75) is 13.8 Å². The molecule has 0 bridgehead atoms. The molecule has 0 radical (unpaired) electrons. The number of hydrogen-bond acceptors (Lipinski definition) is 7. The molecule has 22 heavy (non-hydrogen) atoms. The molecule has 0 saturated carbocycles. The molecule has 0 aliphatic heterocycles. The van der Waals surface area contributed by atoms with E-state index in [-0.39, 0.29) is 0 Å². The summed E-state index contributed by atoms with van der Waals surface area (Å²) in [6.07, 6.45) is 5.02. The summed E-state index contributed by atoms with van der Waals surface area (Å²) in [6.45, 7) is 3.87. The van der Waals surface area contributed by atoms with Gasteiger partial charge in [0, 0.05) is 18.0 Å². The Balaban J connectivity index is 1.83. The van der Waals surface area contributed by atoms with Gasteiger partial charge in [-0.25, -0.2) is 19.9 Å². The molecule has 0 saturated heterocycles. The monoisotopic (exact) mass is 309 g/mol. The van der Waals surface area contributed by atoms with Crippen molar-refractivity contribution in [1.29, 1.82) is 0 Å². The van der Waals surface area contributed by atoms with Crippen LogP contribution in [0.1, 0.15) is 11.4 Å². The summed E-state index contributed by atoms with van der Waals surface area (Å²) in [4.78, 5) is 18.2. The van der Waals surface area contributed by atoms with E-state index < -0.39 is 0 Å². The van der Waals surface area contributed by atoms with Crippen LogP contribution in [0.4, 0.5) is 0 Å². The van der Waals surface area contributed by atoms with Crippen LogP contribution in [-0.4, -0.2) is 25.1 Å². The average Bonchev–Trinajstić information content (AvgIpc) is 3.11. The zero-order valence-corrected chi connectivity index (χ0v) is 12.8. The number of fused-ring (bicyclic) bond motifs is 1. The quantitative estimate of drug-likeness (QED) is 0.564. The Morgan fingerprint density at radius 1 is 1.00 bits per heavy atom. The molecule has 0 amide bonds. The lowest BCUT2D eigenvalue weighted by atomic mass is 10.2. The fourth-order valence-corrected chi connectivity index (χ4v) is 3.25. The second-order valence-electron chi connectivity index (χ2n) is 4.88. The average molecular weight is 309 g/mol. The second kappa shape index (κ2) is 4.96. The first-order valence-corrected chi connectivity index (χ1v) is 7.50. The standard InChI is InChI=1S/C15H11N5OS/c1-8-11-3-4-12(19-14(11)21-20-8)13-9(2)18-15(22-13)10-5-16-7-17-6-10/h3-7H,1-2H3. The molecule has 0 spiro atoms. The minimum absolute atomic E-state index is 0.549. The summed E-state index contributed by atoms with van der Waals surface area (Å²) < 4.78 is 5.25. The van der Waals surface area contributed by atoms with E-state index in [4.69, 9.17) is 4.52 Å². The molecule has 6 nitrogen and oxygen atoms in total. The lowest BCUT2D eigenvalue weighted by molar-refractivity contribution is 0.443. The van der Waals surface area contributed by atoms with Gasteiger partial charge in [-0.3, -0.25) is 0 Å². The van der Waals surface area contributed by atoms with Gasteiger partial charge in [0.1, 0.15) is 11.3 Å². The molecule has 4 aromatic rings. The van der Waals surface area contributed by atoms with Crippen LogP contribution < -0.4 is 0 Å². The van der Waals surface area contributed by atoms with Crippen LogP contribution in [0.25, 0.3) is 32.2 Å². The number of nitrogens with zero attached hydrogens (tertiary/aromatic N) is 5. The van der Waals surface area contributed by atoms with Crippen molar-refractivity contribution < 1.29 is 4.52 Å². The Labute approximate surface area is 129 Å². The van der Waals surface area contributed by atoms with Gasteiger partial charge in [0.15, 0.2) is 0 Å². The second-order valence-corrected chi connectivity index (χ2v) is 5.88. The molecule has 0 unspecified atom stereocenters. The van der Waals surface area contributed by atoms with Crippen LogP contribution in [0.15, 0.2) is 35.4 Å². The summed E-state index contributed by atoms with van der Waals surface area (Å²) in [6, 6.07) is 3.95. The molecule has 0 fully saturated rings. The minimum atomic E-state index is 0.549. The highest BCUT2D eigenvalue weighted by Gasteiger charge is 2.14. The van der Waals surface area contributed by atoms with Gasteiger partial charge >= 0.3 is 0 Å². The van der Waals surface area contributed by atoms with Gasteiger partial charge in [-0.15, -0.1) is 11.3 Å². The molecule has 0 N–H and O–H groups in total. The largest absolute Gasteiger partial charge is 0.336 e. The van der Waals surface area contributed by atoms with Crippen molar-refractivity contribution >= 4 is 22.4 Å². The predicted octanol–water partition coefficient (Wildman–Crippen LogP) is 3.42. The van der Waals surface area contributed by atoms with E-state index in [2.05, 4.69) is 25.1 Å². The zero-order chi connectivity index (χ0) is 15.1. The lowest BCUT2D eigenvalue weighted by Gasteiger charge is -1.97. The molecule has 4 heterocycles. The molecule has 4 rings (SSSR count). The van der Waals surface area contributed by atoms with Crippen molar-refractivity contribution in [1.82, 2.24) is 25.1 Å². The van der Waals surface area contributed by atoms with Crippen molar-refractivity contribution in [3.63, 3.8) is 0 Å². The van der Waals surface area contributed by atoms with Gasteiger partial charge in [-0.1, -0.05) is 5.16 Å². The van der Waals surface area contributed by atoms with Gasteiger partial charge in [-0.2, -0.15) is 0 Å². The fraction of sp³-hybridized carbons (Fsp3) is 0.133. The predicted molar refractivity (Wildman–Crippen MR) is 83.4 cm³/mol. The van der Waals surface area contributed by atoms with Crippen LogP contribution in [-0.2, 0) is 0 Å². The summed E-state index contributed by atoms with van der Waals surface area (Å²) in [7, 11) is 0. The third-order valence-corrected chi connectivity index (χ3v) is 4.58. The third-order valence-electron chi connectivity index (χ3n) is 3.36. The molecule has 7 heteroatoms. The normalized spacial score (nSPS) is 11.2. The number of thiazole rings is 1. The summed E-state index contributed by atoms with van der Waals surface area (Å²) in [5, 5.41) is 5.75. The first-order valence-electron chi connectivity index (χ1n) is 6.68. The van der Waals surface area contributed by atoms with E-state index in [1.54, 1.807) is 23.7 Å². The lowest BCUT2D eigenvalue weighted by Crippen LogP contribution is -1.83. The Kier molecular flexibility index (Phi) is 2.93. The topological polar surface area (TPSA) is 77.6 Å². The van der Waals surface area contributed by atoms with Gasteiger partial charge < -0.3 is 4.52 Å². The van der Waals surface area contributed by atoms with Crippen LogP contribution in [0.5, 0.6) is 0 Å². The van der Waals surface area contributed by atoms with Gasteiger partial charge in [0.2, 0.25) is 0 Å². The van der Waals surface area contributed by atoms with Crippen molar-refractivity contribution in [2.75, 3.05) is 0 Å². The van der Waals surface area contributed by atoms with Gasteiger partial charge in [-0.05, 0) is 26.0 Å². The minimum Gasteiger partial charge on any atom is -0.336 e. The SMILES string of the molecule is Cc1nc(-c2cncnc2)sc1-c1ccc2c(C)noc2n1. The summed E-state index contributed by atoms with van der Waals surface area (Å²) in [5.41, 5.74) is 4.05. The third kappa shape index (κ3) is 2.06. The maximum Gasteiger partial charge on any atom is 0.258 e. The Bertz CT molecular complexity index is 961. The highest BCUT2D eigenvalue weighted by Crippen LogP contribution is 2.34. The number of aryl methyl sites for hydroxylation is 2. The van der Waals surface area contributed by atoms with Crippen LogP contribution >= 0.6 is 11.3 Å². The van der Waals surface area contributed by atoms with E-state index in [1.165, 1.54) is 6.33 Å². The number of pyridine rings is 1. The van der Waals surface area contributed by atoms with E-state index in [9.17, 15) is 0 Å². The van der Waals surface area contributed by atoms with Gasteiger partial charge in [0.25, 0.3) is 5.71 Å². The molecule has 0 aliphatic carbocycles. The summed E-state index contributed by atoms with van der Waals surface area (Å²) >= 11 is 1.57. The maximum absolute atomic E-state index is 5.25. The molecular formula is C15H11N5OS. The maximum atomic E-state index is 5.25. The van der Waals surface area contributed by atoms with Gasteiger partial charge in [0.05, 0.1) is 27.3 Å². The smallest absolute Gasteiger partial charge is 0.258 e. The molecule has 108 valence electrons. The van der Waals surface area contributed by atoms with Crippen LogP contribution in [0.2, 0.25) is 0 Å². The molecule has 0 aliphatic rings. The van der Waals surface area contributed by atoms with E-state index >= 15 is 0 Å². The Hall–Kier alpha value is -2.67. The summed E-state index contributed by atoms with van der Waals surface area (Å²) in [5.74, 6) is 0. The van der Waals surface area contributed by atoms with Crippen molar-refractivity contribution in [3.05, 3.63) is 42.2 Å². The van der Waals surface area contributed by atoms with Crippen molar-refractivity contribution in [2.24, 2.45) is 0 Å². The van der Waals surface area contributed by atoms with Crippen LogP contribution in [0.3, 0.4) is 0 Å². The first-order chi connectivity index (χ1) is 10.7. The molecule has 0 aromatic carbocycles. The fourth-order valence-electron chi connectivity index (χ4n) is 2.24. The zero-order valence-electron chi connectivity index (χ0n) is 11.9. The number of rotatable bonds is 2. The van der Waals surface area contributed by atoms with E-state index in [0.717, 1.165) is 37.9 Å².